The van der Waals surface area contributed by atoms with Crippen molar-refractivity contribution >= 4 is 10.0 Å². The lowest BCUT2D eigenvalue weighted by Gasteiger charge is -2.18. The molecule has 1 rings (SSSR count). The molecule has 0 aromatic heterocycles. The van der Waals surface area contributed by atoms with E-state index in [9.17, 15) is 13.7 Å². The van der Waals surface area contributed by atoms with Crippen LogP contribution in [0.1, 0.15) is 24.8 Å². The van der Waals surface area contributed by atoms with Crippen LogP contribution in [0.15, 0.2) is 30.3 Å². The topological polar surface area (TPSA) is 73.2 Å². The van der Waals surface area contributed by atoms with Gasteiger partial charge in [-0.2, -0.15) is 5.26 Å². The fraction of sp³-hybridized carbons (Fsp3) is 0.533. The van der Waals surface area contributed by atoms with Crippen molar-refractivity contribution in [1.82, 2.24) is 9.62 Å². The Bertz CT molecular complexity index is 552. The van der Waals surface area contributed by atoms with E-state index in [1.165, 1.54) is 10.6 Å². The molecular weight excluding hydrogens is 286 g/mol. The summed E-state index contributed by atoms with van der Waals surface area (Å²) < 4.78 is 24.3. The van der Waals surface area contributed by atoms with Crippen LogP contribution in [0.5, 0.6) is 0 Å². The number of benzene rings is 1. The maximum Gasteiger partial charge on any atom is 0.211 e. The summed E-state index contributed by atoms with van der Waals surface area (Å²) in [6, 6.07) is 11.9. The quantitative estimate of drug-likeness (QED) is 0.703. The molecule has 0 aliphatic rings. The molecule has 6 heteroatoms. The van der Waals surface area contributed by atoms with Gasteiger partial charge in [0.2, 0.25) is 10.0 Å². The number of hydrogen-bond acceptors (Lipinski definition) is 4. The minimum absolute atomic E-state index is 0.177. The number of nitrogens with one attached hydrogen (secondary N) is 1. The van der Waals surface area contributed by atoms with Crippen LogP contribution < -0.4 is 5.32 Å². The fourth-order valence-electron chi connectivity index (χ4n) is 2.11. The standard InChI is InChI=1S/C15H23N3O2S/c1-3-18(21(2,19)20)11-7-10-17-13-15(12-16)14-8-5-4-6-9-14/h4-6,8-9,15,17H,3,7,10-11,13H2,1-2H3. The van der Waals surface area contributed by atoms with E-state index in [-0.39, 0.29) is 5.92 Å². The van der Waals surface area contributed by atoms with E-state index in [1.54, 1.807) is 0 Å². The van der Waals surface area contributed by atoms with Gasteiger partial charge < -0.3 is 5.32 Å². The molecule has 1 atom stereocenters. The van der Waals surface area contributed by atoms with Crippen molar-refractivity contribution in [2.45, 2.75) is 19.3 Å². The molecule has 1 aromatic carbocycles. The van der Waals surface area contributed by atoms with E-state index in [2.05, 4.69) is 11.4 Å². The smallest absolute Gasteiger partial charge is 0.211 e. The van der Waals surface area contributed by atoms with Gasteiger partial charge in [-0.25, -0.2) is 12.7 Å². The molecule has 0 radical (unpaired) electrons. The second-order valence-electron chi connectivity index (χ2n) is 4.90. The van der Waals surface area contributed by atoms with E-state index >= 15 is 0 Å². The number of hydrogen-bond donors (Lipinski definition) is 1. The van der Waals surface area contributed by atoms with Crippen molar-refractivity contribution in [3.8, 4) is 6.07 Å². The van der Waals surface area contributed by atoms with E-state index in [0.717, 1.165) is 12.0 Å². The van der Waals surface area contributed by atoms with Crippen LogP contribution in [0.25, 0.3) is 0 Å². The second-order valence-corrected chi connectivity index (χ2v) is 6.89. The molecule has 0 heterocycles. The lowest BCUT2D eigenvalue weighted by atomic mass is 10.0. The molecule has 1 unspecified atom stereocenters. The average Bonchev–Trinajstić information content (AvgIpc) is 2.46. The van der Waals surface area contributed by atoms with Crippen LogP contribution in [0.2, 0.25) is 0 Å². The molecule has 5 nitrogen and oxygen atoms in total. The Morgan fingerprint density at radius 1 is 1.33 bits per heavy atom. The Hall–Kier alpha value is -1.42. The number of nitriles is 1. The Morgan fingerprint density at radius 3 is 2.52 bits per heavy atom. The molecule has 0 saturated carbocycles. The average molecular weight is 309 g/mol. The van der Waals surface area contributed by atoms with E-state index in [0.29, 0.717) is 26.2 Å². The largest absolute Gasteiger partial charge is 0.315 e. The zero-order valence-corrected chi connectivity index (χ0v) is 13.4. The summed E-state index contributed by atoms with van der Waals surface area (Å²) in [5, 5.41) is 12.4. The molecule has 1 N–H and O–H groups in total. The lowest BCUT2D eigenvalue weighted by Crippen LogP contribution is -2.33. The summed E-state index contributed by atoms with van der Waals surface area (Å²) in [4.78, 5) is 0. The van der Waals surface area contributed by atoms with Gasteiger partial charge in [-0.1, -0.05) is 37.3 Å². The summed E-state index contributed by atoms with van der Waals surface area (Å²) in [5.74, 6) is -0.177. The highest BCUT2D eigenvalue weighted by molar-refractivity contribution is 7.88. The lowest BCUT2D eigenvalue weighted by molar-refractivity contribution is 0.419. The van der Waals surface area contributed by atoms with Crippen LogP contribution in [0.3, 0.4) is 0 Å². The Morgan fingerprint density at radius 2 is 2.00 bits per heavy atom. The van der Waals surface area contributed by atoms with Gasteiger partial charge in [0.25, 0.3) is 0 Å². The summed E-state index contributed by atoms with van der Waals surface area (Å²) >= 11 is 0. The monoisotopic (exact) mass is 309 g/mol. The van der Waals surface area contributed by atoms with Gasteiger partial charge in [-0.05, 0) is 18.5 Å². The van der Waals surface area contributed by atoms with Crippen molar-refractivity contribution in [1.29, 1.82) is 5.26 Å². The molecule has 0 amide bonds. The summed E-state index contributed by atoms with van der Waals surface area (Å²) in [6.45, 7) is 4.09. The van der Waals surface area contributed by atoms with Crippen LogP contribution in [0.4, 0.5) is 0 Å². The molecule has 21 heavy (non-hydrogen) atoms. The maximum atomic E-state index is 11.4. The first-order chi connectivity index (χ1) is 9.99. The summed E-state index contributed by atoms with van der Waals surface area (Å²) in [5.41, 5.74) is 0.999. The van der Waals surface area contributed by atoms with Crippen molar-refractivity contribution < 1.29 is 8.42 Å². The molecular formula is C15H23N3O2S. The SMILES string of the molecule is CCN(CCCNCC(C#N)c1ccccc1)S(C)(=O)=O. The van der Waals surface area contributed by atoms with Gasteiger partial charge in [0.15, 0.2) is 0 Å². The first kappa shape index (κ1) is 17.6. The summed E-state index contributed by atoms with van der Waals surface area (Å²) in [7, 11) is -3.11. The number of nitrogens with zero attached hydrogens (tertiary/aromatic N) is 2. The fourth-order valence-corrected chi connectivity index (χ4v) is 3.04. The van der Waals surface area contributed by atoms with Gasteiger partial charge >= 0.3 is 0 Å². The third-order valence-corrected chi connectivity index (χ3v) is 4.67. The highest BCUT2D eigenvalue weighted by Gasteiger charge is 2.13. The van der Waals surface area contributed by atoms with Crippen molar-refractivity contribution in [3.05, 3.63) is 35.9 Å². The third kappa shape index (κ3) is 6.25. The van der Waals surface area contributed by atoms with Gasteiger partial charge in [0.05, 0.1) is 18.2 Å². The molecule has 0 aliphatic heterocycles. The molecule has 0 aliphatic carbocycles. The number of sulfonamides is 1. The van der Waals surface area contributed by atoms with Gasteiger partial charge in [-0.3, -0.25) is 0 Å². The molecule has 0 bridgehead atoms. The molecule has 0 fully saturated rings. The third-order valence-electron chi connectivity index (χ3n) is 3.29. The first-order valence-electron chi connectivity index (χ1n) is 7.09. The van der Waals surface area contributed by atoms with Crippen LogP contribution in [0, 0.1) is 11.3 Å². The van der Waals surface area contributed by atoms with E-state index < -0.39 is 10.0 Å². The van der Waals surface area contributed by atoms with Crippen molar-refractivity contribution in [3.63, 3.8) is 0 Å². The van der Waals surface area contributed by atoms with Gasteiger partial charge in [0, 0.05) is 19.6 Å². The molecule has 1 aromatic rings. The Balaban J connectivity index is 2.32. The Kier molecular flexibility index (Phi) is 7.37. The highest BCUT2D eigenvalue weighted by Crippen LogP contribution is 2.12. The van der Waals surface area contributed by atoms with E-state index in [4.69, 9.17) is 0 Å². The zero-order chi connectivity index (χ0) is 15.7. The van der Waals surface area contributed by atoms with Crippen molar-refractivity contribution in [2.75, 3.05) is 32.4 Å². The molecule has 0 saturated heterocycles. The maximum absolute atomic E-state index is 11.4. The minimum atomic E-state index is -3.11. The predicted molar refractivity (Wildman–Crippen MR) is 84.4 cm³/mol. The van der Waals surface area contributed by atoms with Gasteiger partial charge in [-0.15, -0.1) is 0 Å². The summed E-state index contributed by atoms with van der Waals surface area (Å²) in [6.07, 6.45) is 1.96. The van der Waals surface area contributed by atoms with Crippen LogP contribution in [-0.4, -0.2) is 45.2 Å². The minimum Gasteiger partial charge on any atom is -0.315 e. The molecule has 116 valence electrons. The highest BCUT2D eigenvalue weighted by atomic mass is 32.2. The van der Waals surface area contributed by atoms with Gasteiger partial charge in [0.1, 0.15) is 0 Å². The zero-order valence-electron chi connectivity index (χ0n) is 12.6. The Labute approximate surface area is 127 Å². The number of rotatable bonds is 9. The van der Waals surface area contributed by atoms with E-state index in [1.807, 2.05) is 37.3 Å². The second kappa shape index (κ2) is 8.78. The molecule has 0 spiro atoms. The van der Waals surface area contributed by atoms with Crippen LogP contribution in [-0.2, 0) is 10.0 Å². The van der Waals surface area contributed by atoms with Crippen molar-refractivity contribution in [2.24, 2.45) is 0 Å². The van der Waals surface area contributed by atoms with Crippen LogP contribution >= 0.6 is 0 Å². The first-order valence-corrected chi connectivity index (χ1v) is 8.94. The normalized spacial score (nSPS) is 13.0. The predicted octanol–water partition coefficient (Wildman–Crippen LogP) is 1.55.